The minimum absolute atomic E-state index is 0. The minimum atomic E-state index is -4.48. The van der Waals surface area contributed by atoms with Crippen LogP contribution in [0.2, 0.25) is 0 Å². The van der Waals surface area contributed by atoms with Crippen molar-refractivity contribution >= 4 is 10.4 Å². The van der Waals surface area contributed by atoms with Crippen molar-refractivity contribution in [3.63, 3.8) is 0 Å². The van der Waals surface area contributed by atoms with E-state index in [1.54, 1.807) is 0 Å². The van der Waals surface area contributed by atoms with Gasteiger partial charge in [-0.1, -0.05) is 58.3 Å². The van der Waals surface area contributed by atoms with E-state index in [2.05, 4.69) is 11.1 Å². The van der Waals surface area contributed by atoms with E-state index in [4.69, 9.17) is 4.74 Å². The monoisotopic (exact) mass is 348 g/mol. The molecule has 0 radical (unpaired) electrons. The fourth-order valence-corrected chi connectivity index (χ4v) is 2.10. The van der Waals surface area contributed by atoms with Crippen molar-refractivity contribution in [2.75, 3.05) is 19.8 Å². The van der Waals surface area contributed by atoms with Crippen LogP contribution in [-0.2, 0) is 19.3 Å². The van der Waals surface area contributed by atoms with E-state index in [0.29, 0.717) is 6.42 Å². The summed E-state index contributed by atoms with van der Waals surface area (Å²) in [5, 5.41) is 0. The quantitative estimate of drug-likeness (QED) is 0.215. The molecule has 0 aliphatic rings. The zero-order valence-corrected chi connectivity index (χ0v) is 17.8. The normalized spacial score (nSPS) is 10.5. The van der Waals surface area contributed by atoms with Gasteiger partial charge in [0.2, 0.25) is 10.4 Å². The molecular formula is C15H33NaO5S. The van der Waals surface area contributed by atoms with Crippen LogP contribution in [0.4, 0.5) is 0 Å². The molecule has 0 rings (SSSR count). The van der Waals surface area contributed by atoms with Crippen molar-refractivity contribution in [1.29, 1.82) is 0 Å². The number of hydrogen-bond donors (Lipinski definition) is 0. The topological polar surface area (TPSA) is 75.7 Å². The summed E-state index contributed by atoms with van der Waals surface area (Å²) >= 11 is 0. The van der Waals surface area contributed by atoms with Gasteiger partial charge in [-0.2, -0.15) is 0 Å². The Bertz CT molecular complexity index is 282. The molecule has 0 fully saturated rings. The Hall–Kier alpha value is 0.830. The Morgan fingerprint density at radius 1 is 0.773 bits per heavy atom. The summed E-state index contributed by atoms with van der Waals surface area (Å²) in [6, 6.07) is 0. The van der Waals surface area contributed by atoms with Crippen LogP contribution in [0.15, 0.2) is 0 Å². The molecule has 0 aromatic rings. The molecule has 5 nitrogen and oxygen atoms in total. The second-order valence-electron chi connectivity index (χ2n) is 4.84. The summed E-state index contributed by atoms with van der Waals surface area (Å²) in [5.74, 6) is 0. The van der Waals surface area contributed by atoms with Gasteiger partial charge in [-0.15, -0.1) is 0 Å². The molecule has 0 aliphatic carbocycles. The van der Waals surface area contributed by atoms with E-state index in [0.717, 1.165) is 26.1 Å². The average Bonchev–Trinajstić information content (AvgIpc) is 2.41. The molecule has 130 valence electrons. The van der Waals surface area contributed by atoms with Crippen LogP contribution in [0.5, 0.6) is 0 Å². The molecule has 0 saturated heterocycles. The molecule has 0 aliphatic heterocycles. The molecular weight excluding hydrogens is 315 g/mol. The van der Waals surface area contributed by atoms with Crippen molar-refractivity contribution in [1.82, 2.24) is 0 Å². The number of unbranched alkanes of at least 4 members (excludes halogenated alkanes) is 8. The van der Waals surface area contributed by atoms with Gasteiger partial charge in [0.05, 0.1) is 6.61 Å². The first-order valence-corrected chi connectivity index (χ1v) is 9.49. The summed E-state index contributed by atoms with van der Waals surface area (Å²) < 4.78 is 39.2. The van der Waals surface area contributed by atoms with E-state index in [1.807, 2.05) is 13.8 Å². The molecule has 22 heavy (non-hydrogen) atoms. The SMILES string of the molecule is CCCCCCCCCCCOS(=O)(=O)[O-].CCOCC.[Na+]. The standard InChI is InChI=1S/C11H24O4S.C4H10O.Na/c1-2-3-4-5-6-7-8-9-10-11-15-16(12,13)14;1-3-5-4-2;/h2-11H2,1H3,(H,12,13,14);3-4H2,1-2H3;/q;;+1/p-1. The zero-order valence-electron chi connectivity index (χ0n) is 14.9. The number of ether oxygens (including phenoxy) is 1. The number of rotatable bonds is 13. The van der Waals surface area contributed by atoms with Gasteiger partial charge in [0.15, 0.2) is 0 Å². The van der Waals surface area contributed by atoms with Gasteiger partial charge in [0, 0.05) is 13.2 Å². The van der Waals surface area contributed by atoms with E-state index in [1.165, 1.54) is 38.5 Å². The van der Waals surface area contributed by atoms with E-state index in [9.17, 15) is 13.0 Å². The molecule has 0 bridgehead atoms. The molecule has 0 atom stereocenters. The Balaban J connectivity index is -0.000000520. The van der Waals surface area contributed by atoms with Crippen LogP contribution >= 0.6 is 0 Å². The average molecular weight is 348 g/mol. The van der Waals surface area contributed by atoms with Crippen LogP contribution in [0, 0.1) is 0 Å². The van der Waals surface area contributed by atoms with E-state index >= 15 is 0 Å². The Kier molecular flexibility index (Phi) is 27.5. The van der Waals surface area contributed by atoms with Gasteiger partial charge in [0.1, 0.15) is 0 Å². The van der Waals surface area contributed by atoms with Gasteiger partial charge < -0.3 is 9.29 Å². The maximum atomic E-state index is 10.1. The van der Waals surface area contributed by atoms with Gasteiger partial charge in [0.25, 0.3) is 0 Å². The second kappa shape index (κ2) is 21.8. The summed E-state index contributed by atoms with van der Waals surface area (Å²) in [4.78, 5) is 0. The summed E-state index contributed by atoms with van der Waals surface area (Å²) in [5.41, 5.74) is 0. The van der Waals surface area contributed by atoms with Crippen molar-refractivity contribution < 1.29 is 51.4 Å². The molecule has 0 aromatic carbocycles. The Morgan fingerprint density at radius 3 is 1.50 bits per heavy atom. The van der Waals surface area contributed by atoms with Crippen molar-refractivity contribution in [2.24, 2.45) is 0 Å². The maximum absolute atomic E-state index is 10.1. The van der Waals surface area contributed by atoms with Gasteiger partial charge in [-0.3, -0.25) is 4.18 Å². The summed E-state index contributed by atoms with van der Waals surface area (Å²) in [6.07, 6.45) is 10.3. The summed E-state index contributed by atoms with van der Waals surface area (Å²) in [6.45, 7) is 7.89. The van der Waals surface area contributed by atoms with Gasteiger partial charge in [-0.25, -0.2) is 8.42 Å². The molecule has 0 spiro atoms. The van der Waals surface area contributed by atoms with Crippen molar-refractivity contribution in [2.45, 2.75) is 78.6 Å². The van der Waals surface area contributed by atoms with Crippen LogP contribution in [0.25, 0.3) is 0 Å². The molecule has 0 saturated carbocycles. The van der Waals surface area contributed by atoms with Crippen LogP contribution < -0.4 is 29.6 Å². The van der Waals surface area contributed by atoms with Crippen LogP contribution in [0.1, 0.15) is 78.6 Å². The van der Waals surface area contributed by atoms with Crippen LogP contribution in [-0.4, -0.2) is 32.8 Å². The predicted molar refractivity (Wildman–Crippen MR) is 85.0 cm³/mol. The summed E-state index contributed by atoms with van der Waals surface area (Å²) in [7, 11) is -4.48. The first kappa shape index (κ1) is 27.7. The van der Waals surface area contributed by atoms with Gasteiger partial charge >= 0.3 is 29.6 Å². The minimum Gasteiger partial charge on any atom is -0.726 e. The van der Waals surface area contributed by atoms with Gasteiger partial charge in [-0.05, 0) is 20.3 Å². The van der Waals surface area contributed by atoms with Crippen molar-refractivity contribution in [3.8, 4) is 0 Å². The smallest absolute Gasteiger partial charge is 0.726 e. The third-order valence-corrected chi connectivity index (χ3v) is 3.34. The second-order valence-corrected chi connectivity index (χ2v) is 5.89. The zero-order chi connectivity index (χ0) is 16.4. The first-order chi connectivity index (χ1) is 9.97. The molecule has 0 heterocycles. The molecule has 0 amide bonds. The van der Waals surface area contributed by atoms with Crippen LogP contribution in [0.3, 0.4) is 0 Å². The fourth-order valence-electron chi connectivity index (χ4n) is 1.78. The van der Waals surface area contributed by atoms with E-state index in [-0.39, 0.29) is 36.2 Å². The third-order valence-electron chi connectivity index (χ3n) is 2.88. The molecule has 7 heteroatoms. The third kappa shape index (κ3) is 32.7. The molecule has 0 N–H and O–H groups in total. The largest absolute Gasteiger partial charge is 1.00 e. The molecule has 0 unspecified atom stereocenters. The van der Waals surface area contributed by atoms with Crippen molar-refractivity contribution in [3.05, 3.63) is 0 Å². The molecule has 0 aromatic heterocycles. The predicted octanol–water partition coefficient (Wildman–Crippen LogP) is 1.04. The fraction of sp³-hybridized carbons (Fsp3) is 1.00. The Labute approximate surface area is 159 Å². The Morgan fingerprint density at radius 2 is 1.18 bits per heavy atom. The van der Waals surface area contributed by atoms with E-state index < -0.39 is 10.4 Å². The first-order valence-electron chi connectivity index (χ1n) is 8.15. The maximum Gasteiger partial charge on any atom is 1.00 e. The number of hydrogen-bond acceptors (Lipinski definition) is 5.